The van der Waals surface area contributed by atoms with Gasteiger partial charge < -0.3 is 11.1 Å². The molecule has 2 aromatic heterocycles. The molecule has 0 saturated carbocycles. The molecule has 2 heterocycles. The lowest BCUT2D eigenvalue weighted by atomic mass is 10.2. The van der Waals surface area contributed by atoms with Crippen LogP contribution in [-0.2, 0) is 6.54 Å². The molecule has 0 spiro atoms. The number of nitrogens with zero attached hydrogens (tertiary/aromatic N) is 3. The van der Waals surface area contributed by atoms with Crippen LogP contribution in [0.2, 0.25) is 0 Å². The topological polar surface area (TPSA) is 85.3 Å². The highest BCUT2D eigenvalue weighted by molar-refractivity contribution is 9.10. The summed E-state index contributed by atoms with van der Waals surface area (Å²) in [5.74, 6) is 0.464. The van der Waals surface area contributed by atoms with Crippen LogP contribution in [-0.4, -0.2) is 20.5 Å². The van der Waals surface area contributed by atoms with Crippen molar-refractivity contribution in [3.8, 4) is 0 Å². The van der Waals surface area contributed by atoms with Gasteiger partial charge in [-0.25, -0.2) is 0 Å². The predicted molar refractivity (Wildman–Crippen MR) is 82.7 cm³/mol. The molecule has 1 amide bonds. The van der Waals surface area contributed by atoms with E-state index in [0.29, 0.717) is 23.6 Å². The average molecular weight is 346 g/mol. The minimum absolute atomic E-state index is 0.207. The Kier molecular flexibility index (Phi) is 3.57. The van der Waals surface area contributed by atoms with Gasteiger partial charge in [0, 0.05) is 21.9 Å². The largest absolute Gasteiger partial charge is 0.398 e. The van der Waals surface area contributed by atoms with Crippen LogP contribution >= 0.6 is 15.9 Å². The number of benzene rings is 1. The molecule has 21 heavy (non-hydrogen) atoms. The summed E-state index contributed by atoms with van der Waals surface area (Å²) in [5.41, 5.74) is 7.54. The molecular formula is C14H12BrN5O. The summed E-state index contributed by atoms with van der Waals surface area (Å²) in [4.78, 5) is 12.1. The van der Waals surface area contributed by atoms with Gasteiger partial charge in [0.25, 0.3) is 5.91 Å². The minimum Gasteiger partial charge on any atom is -0.398 e. The number of nitrogens with one attached hydrogen (secondary N) is 1. The van der Waals surface area contributed by atoms with Crippen molar-refractivity contribution in [2.24, 2.45) is 0 Å². The number of nitrogens with two attached hydrogens (primary N) is 1. The van der Waals surface area contributed by atoms with Gasteiger partial charge in [0.1, 0.15) is 0 Å². The van der Waals surface area contributed by atoms with Gasteiger partial charge in [-0.15, -0.1) is 10.2 Å². The van der Waals surface area contributed by atoms with Gasteiger partial charge in [0.05, 0.1) is 6.54 Å². The Morgan fingerprint density at radius 2 is 2.14 bits per heavy atom. The van der Waals surface area contributed by atoms with Crippen LogP contribution < -0.4 is 11.1 Å². The van der Waals surface area contributed by atoms with Crippen molar-refractivity contribution in [3.05, 3.63) is 58.5 Å². The number of carbonyl (C=O) groups excluding carboxylic acids is 1. The lowest BCUT2D eigenvalue weighted by Crippen LogP contribution is -2.24. The molecule has 0 radical (unpaired) electrons. The second-order valence-corrected chi connectivity index (χ2v) is 5.32. The van der Waals surface area contributed by atoms with E-state index in [1.807, 2.05) is 28.8 Å². The Morgan fingerprint density at radius 3 is 2.95 bits per heavy atom. The fourth-order valence-corrected chi connectivity index (χ4v) is 2.20. The first kappa shape index (κ1) is 13.6. The molecule has 7 heteroatoms. The number of carbonyl (C=O) groups is 1. The van der Waals surface area contributed by atoms with E-state index in [4.69, 9.17) is 5.73 Å². The molecule has 3 N–H and O–H groups in total. The maximum atomic E-state index is 12.1. The number of rotatable bonds is 3. The highest BCUT2D eigenvalue weighted by Gasteiger charge is 2.09. The fourth-order valence-electron chi connectivity index (χ4n) is 1.96. The molecule has 1 aromatic carbocycles. The van der Waals surface area contributed by atoms with E-state index in [9.17, 15) is 4.79 Å². The summed E-state index contributed by atoms with van der Waals surface area (Å²) < 4.78 is 2.60. The number of pyridine rings is 1. The van der Waals surface area contributed by atoms with Crippen LogP contribution in [0.5, 0.6) is 0 Å². The van der Waals surface area contributed by atoms with Crippen molar-refractivity contribution in [2.45, 2.75) is 6.54 Å². The third kappa shape index (κ3) is 2.73. The van der Waals surface area contributed by atoms with E-state index in [-0.39, 0.29) is 5.91 Å². The average Bonchev–Trinajstić information content (AvgIpc) is 2.91. The SMILES string of the molecule is Nc1cc(C(=O)NCc2nnc3ccccn23)ccc1Br. The zero-order valence-corrected chi connectivity index (χ0v) is 12.5. The standard InChI is InChI=1S/C14H12BrN5O/c15-10-5-4-9(7-11(10)16)14(21)17-8-13-19-18-12-3-1-2-6-20(12)13/h1-7H,8,16H2,(H,17,21). The van der Waals surface area contributed by atoms with Crippen molar-refractivity contribution >= 4 is 33.2 Å². The number of fused-ring (bicyclic) bond motifs is 1. The van der Waals surface area contributed by atoms with Gasteiger partial charge in [-0.3, -0.25) is 9.20 Å². The summed E-state index contributed by atoms with van der Waals surface area (Å²) in [6.45, 7) is 0.292. The van der Waals surface area contributed by atoms with Gasteiger partial charge >= 0.3 is 0 Å². The first-order chi connectivity index (χ1) is 10.1. The quantitative estimate of drug-likeness (QED) is 0.711. The van der Waals surface area contributed by atoms with Crippen LogP contribution in [0.3, 0.4) is 0 Å². The molecule has 106 valence electrons. The third-order valence-corrected chi connectivity index (χ3v) is 3.77. The molecule has 0 unspecified atom stereocenters. The maximum Gasteiger partial charge on any atom is 0.251 e. The molecule has 0 aliphatic rings. The number of anilines is 1. The molecule has 0 aliphatic heterocycles. The number of nitrogen functional groups attached to an aromatic ring is 1. The summed E-state index contributed by atoms with van der Waals surface area (Å²) in [6.07, 6.45) is 1.86. The molecule has 0 fully saturated rings. The van der Waals surface area contributed by atoms with E-state index in [1.165, 1.54) is 0 Å². The Bertz CT molecular complexity index is 814. The predicted octanol–water partition coefficient (Wildman–Crippen LogP) is 2.00. The van der Waals surface area contributed by atoms with E-state index < -0.39 is 0 Å². The molecular weight excluding hydrogens is 334 g/mol. The van der Waals surface area contributed by atoms with Gasteiger partial charge in [0.2, 0.25) is 0 Å². The van der Waals surface area contributed by atoms with Gasteiger partial charge in [0.15, 0.2) is 11.5 Å². The van der Waals surface area contributed by atoms with Crippen molar-refractivity contribution in [1.29, 1.82) is 0 Å². The maximum absolute atomic E-state index is 12.1. The first-order valence-corrected chi connectivity index (χ1v) is 7.06. The molecule has 0 bridgehead atoms. The zero-order chi connectivity index (χ0) is 14.8. The highest BCUT2D eigenvalue weighted by atomic mass is 79.9. The Morgan fingerprint density at radius 1 is 1.29 bits per heavy atom. The molecule has 6 nitrogen and oxygen atoms in total. The summed E-state index contributed by atoms with van der Waals surface area (Å²) in [5, 5.41) is 10.9. The highest BCUT2D eigenvalue weighted by Crippen LogP contribution is 2.20. The number of hydrogen-bond acceptors (Lipinski definition) is 4. The monoisotopic (exact) mass is 345 g/mol. The lowest BCUT2D eigenvalue weighted by molar-refractivity contribution is 0.0950. The molecule has 3 rings (SSSR count). The van der Waals surface area contributed by atoms with Crippen molar-refractivity contribution in [2.75, 3.05) is 5.73 Å². The number of halogens is 1. The molecule has 0 atom stereocenters. The van der Waals surface area contributed by atoms with E-state index in [0.717, 1.165) is 10.1 Å². The van der Waals surface area contributed by atoms with Crippen molar-refractivity contribution in [1.82, 2.24) is 19.9 Å². The summed E-state index contributed by atoms with van der Waals surface area (Å²) in [6, 6.07) is 10.7. The van der Waals surface area contributed by atoms with Gasteiger partial charge in [-0.1, -0.05) is 6.07 Å². The molecule has 0 saturated heterocycles. The van der Waals surface area contributed by atoms with Crippen molar-refractivity contribution in [3.63, 3.8) is 0 Å². The second kappa shape index (κ2) is 5.53. The van der Waals surface area contributed by atoms with Crippen molar-refractivity contribution < 1.29 is 4.79 Å². The third-order valence-electron chi connectivity index (χ3n) is 3.05. The number of hydrogen-bond donors (Lipinski definition) is 2. The first-order valence-electron chi connectivity index (χ1n) is 6.27. The Hall–Kier alpha value is -2.41. The van der Waals surface area contributed by atoms with E-state index in [1.54, 1.807) is 18.2 Å². The smallest absolute Gasteiger partial charge is 0.251 e. The Labute approximate surface area is 129 Å². The molecule has 3 aromatic rings. The Balaban J connectivity index is 1.75. The van der Waals surface area contributed by atoms with Crippen LogP contribution in [0.4, 0.5) is 5.69 Å². The number of aromatic nitrogens is 3. The second-order valence-electron chi connectivity index (χ2n) is 4.46. The normalized spacial score (nSPS) is 10.7. The number of amides is 1. The van der Waals surface area contributed by atoms with E-state index >= 15 is 0 Å². The summed E-state index contributed by atoms with van der Waals surface area (Å²) in [7, 11) is 0. The van der Waals surface area contributed by atoms with Crippen LogP contribution in [0.15, 0.2) is 47.1 Å². The van der Waals surface area contributed by atoms with Crippen LogP contribution in [0.25, 0.3) is 5.65 Å². The van der Waals surface area contributed by atoms with Gasteiger partial charge in [-0.05, 0) is 46.3 Å². The zero-order valence-electron chi connectivity index (χ0n) is 11.0. The summed E-state index contributed by atoms with van der Waals surface area (Å²) >= 11 is 3.30. The van der Waals surface area contributed by atoms with Gasteiger partial charge in [-0.2, -0.15) is 0 Å². The minimum atomic E-state index is -0.207. The lowest BCUT2D eigenvalue weighted by Gasteiger charge is -2.06. The fraction of sp³-hybridized carbons (Fsp3) is 0.0714. The van der Waals surface area contributed by atoms with Crippen LogP contribution in [0, 0.1) is 0 Å². The van der Waals surface area contributed by atoms with Crippen LogP contribution in [0.1, 0.15) is 16.2 Å². The van der Waals surface area contributed by atoms with E-state index in [2.05, 4.69) is 31.4 Å². The molecule has 0 aliphatic carbocycles.